The molecule has 5 rings (SSSR count). The molecule has 30 heavy (non-hydrogen) atoms. The van der Waals surface area contributed by atoms with Gasteiger partial charge in [0.2, 0.25) is 5.82 Å². The number of amides is 1. The molecule has 2 aromatic carbocycles. The molecule has 0 radical (unpaired) electrons. The Labute approximate surface area is 178 Å². The van der Waals surface area contributed by atoms with E-state index in [4.69, 9.17) is 11.6 Å². The molecule has 0 saturated carbocycles. The second-order valence-corrected chi connectivity index (χ2v) is 8.50. The van der Waals surface area contributed by atoms with Crippen molar-refractivity contribution in [3.05, 3.63) is 76.6 Å². The molecule has 0 spiro atoms. The molecule has 3 aromatic rings. The Morgan fingerprint density at radius 3 is 2.70 bits per heavy atom. The molecule has 0 aliphatic carbocycles. The highest BCUT2D eigenvalue weighted by atomic mass is 35.5. The number of anilines is 1. The second-order valence-electron chi connectivity index (χ2n) is 8.06. The van der Waals surface area contributed by atoms with Crippen molar-refractivity contribution in [3.63, 3.8) is 0 Å². The van der Waals surface area contributed by atoms with Crippen molar-refractivity contribution in [3.8, 4) is 0 Å². The third-order valence-corrected chi connectivity index (χ3v) is 6.20. The van der Waals surface area contributed by atoms with Crippen LogP contribution in [0.2, 0.25) is 5.02 Å². The number of hydrogen-bond donors (Lipinski definition) is 1. The van der Waals surface area contributed by atoms with Gasteiger partial charge in [0.15, 0.2) is 0 Å². The highest BCUT2D eigenvalue weighted by Gasteiger charge is 2.39. The quantitative estimate of drug-likeness (QED) is 0.693. The van der Waals surface area contributed by atoms with Crippen LogP contribution >= 0.6 is 11.6 Å². The maximum Gasteiger partial charge on any atom is 0.293 e. The molecule has 0 bridgehead atoms. The first-order valence-electron chi connectivity index (χ1n) is 10.0. The van der Waals surface area contributed by atoms with Crippen LogP contribution in [0.15, 0.2) is 48.5 Å². The molecule has 1 saturated heterocycles. The summed E-state index contributed by atoms with van der Waals surface area (Å²) in [5.41, 5.74) is 1.65. The van der Waals surface area contributed by atoms with E-state index in [2.05, 4.69) is 32.5 Å². The Kier molecular flexibility index (Phi) is 5.00. The minimum Gasteiger partial charge on any atom is -0.319 e. The topological polar surface area (TPSA) is 63.1 Å². The highest BCUT2D eigenvalue weighted by molar-refractivity contribution is 6.30. The van der Waals surface area contributed by atoms with Crippen molar-refractivity contribution in [1.29, 1.82) is 0 Å². The van der Waals surface area contributed by atoms with Gasteiger partial charge in [-0.25, -0.2) is 4.39 Å². The van der Waals surface area contributed by atoms with Crippen LogP contribution in [0.4, 0.5) is 10.1 Å². The molecule has 1 N–H and O–H groups in total. The van der Waals surface area contributed by atoms with Crippen molar-refractivity contribution in [2.45, 2.75) is 19.5 Å². The summed E-state index contributed by atoms with van der Waals surface area (Å²) in [6, 6.07) is 13.8. The Bertz CT molecular complexity index is 1080. The first kappa shape index (κ1) is 19.2. The number of nitrogens with one attached hydrogen (secondary N) is 1. The predicted octanol–water partition coefficient (Wildman–Crippen LogP) is 3.63. The molecule has 0 unspecified atom stereocenters. The third kappa shape index (κ3) is 3.82. The van der Waals surface area contributed by atoms with Gasteiger partial charge in [-0.2, -0.15) is 0 Å². The summed E-state index contributed by atoms with van der Waals surface area (Å²) in [5, 5.41) is 11.8. The number of carbonyl (C=O) groups excluding carboxylic acids is 1. The number of rotatable bonds is 4. The van der Waals surface area contributed by atoms with E-state index in [1.165, 1.54) is 17.7 Å². The fourth-order valence-electron chi connectivity index (χ4n) is 4.52. The van der Waals surface area contributed by atoms with Gasteiger partial charge in [-0.3, -0.25) is 9.69 Å². The van der Waals surface area contributed by atoms with E-state index in [1.54, 1.807) is 12.1 Å². The summed E-state index contributed by atoms with van der Waals surface area (Å²) in [6.07, 6.45) is 0.808. The SMILES string of the molecule is O=C(Nc1cccc(F)c1)c1nnc2n1C[C@@H]1CN(Cc3ccc(Cl)cc3)C[C@@H]1C2. The summed E-state index contributed by atoms with van der Waals surface area (Å²) in [4.78, 5) is 15.2. The highest BCUT2D eigenvalue weighted by Crippen LogP contribution is 2.33. The summed E-state index contributed by atoms with van der Waals surface area (Å²) < 4.78 is 15.3. The van der Waals surface area contributed by atoms with Gasteiger partial charge in [0, 0.05) is 43.3 Å². The molecular weight excluding hydrogens is 405 g/mol. The van der Waals surface area contributed by atoms with E-state index in [1.807, 2.05) is 16.7 Å². The van der Waals surface area contributed by atoms with E-state index in [0.717, 1.165) is 43.4 Å². The molecule has 2 aliphatic rings. The van der Waals surface area contributed by atoms with Crippen LogP contribution in [0.5, 0.6) is 0 Å². The molecule has 154 valence electrons. The minimum absolute atomic E-state index is 0.281. The zero-order chi connectivity index (χ0) is 20.7. The number of benzene rings is 2. The molecule has 2 atom stereocenters. The Morgan fingerprint density at radius 1 is 1.10 bits per heavy atom. The van der Waals surface area contributed by atoms with Gasteiger partial charge in [0.05, 0.1) is 0 Å². The van der Waals surface area contributed by atoms with Gasteiger partial charge in [-0.1, -0.05) is 29.8 Å². The van der Waals surface area contributed by atoms with Crippen LogP contribution in [-0.4, -0.2) is 38.7 Å². The molecule has 3 heterocycles. The Morgan fingerprint density at radius 2 is 1.90 bits per heavy atom. The molecule has 1 amide bonds. The van der Waals surface area contributed by atoms with E-state index >= 15 is 0 Å². The van der Waals surface area contributed by atoms with Crippen molar-refractivity contribution >= 4 is 23.2 Å². The Balaban J connectivity index is 1.27. The van der Waals surface area contributed by atoms with Gasteiger partial charge in [0.25, 0.3) is 5.91 Å². The van der Waals surface area contributed by atoms with Crippen molar-refractivity contribution in [2.24, 2.45) is 11.8 Å². The van der Waals surface area contributed by atoms with Crippen LogP contribution in [0.3, 0.4) is 0 Å². The largest absolute Gasteiger partial charge is 0.319 e. The van der Waals surface area contributed by atoms with Crippen LogP contribution in [0.25, 0.3) is 0 Å². The Hall–Kier alpha value is -2.77. The monoisotopic (exact) mass is 425 g/mol. The average molecular weight is 426 g/mol. The smallest absolute Gasteiger partial charge is 0.293 e. The first-order chi connectivity index (χ1) is 14.5. The van der Waals surface area contributed by atoms with Crippen molar-refractivity contribution in [2.75, 3.05) is 18.4 Å². The lowest BCUT2D eigenvalue weighted by molar-refractivity contribution is 0.100. The number of fused-ring (bicyclic) bond motifs is 2. The molecule has 8 heteroatoms. The number of halogens is 2. The lowest BCUT2D eigenvalue weighted by atomic mass is 9.89. The average Bonchev–Trinajstić information content (AvgIpc) is 3.30. The summed E-state index contributed by atoms with van der Waals surface area (Å²) in [7, 11) is 0. The first-order valence-corrected chi connectivity index (χ1v) is 10.4. The normalized spacial score (nSPS) is 20.6. The van der Waals surface area contributed by atoms with Gasteiger partial charge in [0.1, 0.15) is 11.6 Å². The van der Waals surface area contributed by atoms with Crippen LogP contribution in [0.1, 0.15) is 22.0 Å². The lowest BCUT2D eigenvalue weighted by Crippen LogP contribution is -2.31. The third-order valence-electron chi connectivity index (χ3n) is 5.95. The minimum atomic E-state index is -0.398. The van der Waals surface area contributed by atoms with Crippen LogP contribution in [-0.2, 0) is 19.5 Å². The summed E-state index contributed by atoms with van der Waals surface area (Å²) >= 11 is 5.99. The number of likely N-dealkylation sites (tertiary alicyclic amines) is 1. The molecular formula is C22H21ClFN5O. The maximum absolute atomic E-state index is 13.4. The fourth-order valence-corrected chi connectivity index (χ4v) is 4.65. The van der Waals surface area contributed by atoms with Gasteiger partial charge in [-0.05, 0) is 47.7 Å². The standard InChI is InChI=1S/C22H21ClFN5O/c23-17-6-4-14(5-7-17)10-28-11-15-8-20-26-27-21(29(20)13-16(15)12-28)22(30)25-19-3-1-2-18(24)9-19/h1-7,9,15-16H,8,10-13H2,(H,25,30)/t15-,16-/m0/s1. The second kappa shape index (κ2) is 7.81. The van der Waals surface area contributed by atoms with Crippen molar-refractivity contribution in [1.82, 2.24) is 19.7 Å². The van der Waals surface area contributed by atoms with E-state index in [0.29, 0.717) is 17.5 Å². The van der Waals surface area contributed by atoms with E-state index < -0.39 is 5.82 Å². The molecule has 2 aliphatic heterocycles. The van der Waals surface area contributed by atoms with Crippen molar-refractivity contribution < 1.29 is 9.18 Å². The van der Waals surface area contributed by atoms with Gasteiger partial charge in [-0.15, -0.1) is 10.2 Å². The fraction of sp³-hybridized carbons (Fsp3) is 0.318. The predicted molar refractivity (Wildman–Crippen MR) is 112 cm³/mol. The maximum atomic E-state index is 13.4. The van der Waals surface area contributed by atoms with E-state index in [9.17, 15) is 9.18 Å². The van der Waals surface area contributed by atoms with Gasteiger partial charge >= 0.3 is 0 Å². The molecule has 1 aromatic heterocycles. The zero-order valence-corrected chi connectivity index (χ0v) is 17.0. The molecule has 6 nitrogen and oxygen atoms in total. The van der Waals surface area contributed by atoms with Gasteiger partial charge < -0.3 is 9.88 Å². The molecule has 1 fully saturated rings. The number of hydrogen-bond acceptors (Lipinski definition) is 4. The summed E-state index contributed by atoms with van der Waals surface area (Å²) in [5.74, 6) is 1.31. The zero-order valence-electron chi connectivity index (χ0n) is 16.3. The lowest BCUT2D eigenvalue weighted by Gasteiger charge is -2.25. The number of aromatic nitrogens is 3. The summed E-state index contributed by atoms with van der Waals surface area (Å²) in [6.45, 7) is 3.58. The van der Waals surface area contributed by atoms with Crippen LogP contribution < -0.4 is 5.32 Å². The number of nitrogens with zero attached hydrogens (tertiary/aromatic N) is 4. The van der Waals surface area contributed by atoms with E-state index in [-0.39, 0.29) is 11.7 Å². The van der Waals surface area contributed by atoms with Crippen LogP contribution in [0, 0.1) is 17.7 Å². The number of carbonyl (C=O) groups is 1.